The molecule has 1 aromatic heterocycles. The van der Waals surface area contributed by atoms with E-state index >= 15 is 0 Å². The number of likely N-dealkylation sites (tertiary alicyclic amines) is 1. The largest absolute Gasteiger partial charge is 0.496 e. The van der Waals surface area contributed by atoms with Crippen LogP contribution in [-0.2, 0) is 24.1 Å². The third-order valence-corrected chi connectivity index (χ3v) is 7.51. The van der Waals surface area contributed by atoms with Gasteiger partial charge < -0.3 is 9.64 Å². The lowest BCUT2D eigenvalue weighted by atomic mass is 10.1. The standard InChI is InChI=1S/C23H28N4O5S/c1-25-19-10-8-16(14-20(19)26(2)23(25)29)24-33(30,31)17-9-11-21(32-3)18(15-17)22(28)27-12-6-4-5-7-13-27/h8-11,14-15,24H,4-7,12-13H2,1-3H3. The molecule has 1 aliphatic rings. The molecule has 4 rings (SSSR count). The zero-order valence-electron chi connectivity index (χ0n) is 19.0. The van der Waals surface area contributed by atoms with E-state index < -0.39 is 10.0 Å². The first-order valence-electron chi connectivity index (χ1n) is 10.9. The van der Waals surface area contributed by atoms with E-state index in [1.54, 1.807) is 37.2 Å². The summed E-state index contributed by atoms with van der Waals surface area (Å²) in [6.45, 7) is 1.29. The van der Waals surface area contributed by atoms with Crippen molar-refractivity contribution in [1.29, 1.82) is 0 Å². The van der Waals surface area contributed by atoms with Crippen LogP contribution in [0.3, 0.4) is 0 Å². The molecule has 9 nitrogen and oxygen atoms in total. The van der Waals surface area contributed by atoms with Gasteiger partial charge in [0.2, 0.25) is 0 Å². The molecule has 33 heavy (non-hydrogen) atoms. The second kappa shape index (κ2) is 8.93. The van der Waals surface area contributed by atoms with Crippen molar-refractivity contribution in [3.05, 3.63) is 52.4 Å². The van der Waals surface area contributed by atoms with E-state index in [-0.39, 0.29) is 22.1 Å². The third-order valence-electron chi connectivity index (χ3n) is 6.13. The summed E-state index contributed by atoms with van der Waals surface area (Å²) in [6, 6.07) is 9.19. The number of aromatic nitrogens is 2. The Balaban J connectivity index is 1.67. The summed E-state index contributed by atoms with van der Waals surface area (Å²) in [4.78, 5) is 27.1. The number of hydrogen-bond acceptors (Lipinski definition) is 5. The summed E-state index contributed by atoms with van der Waals surface area (Å²) >= 11 is 0. The van der Waals surface area contributed by atoms with E-state index in [9.17, 15) is 18.0 Å². The predicted octanol–water partition coefficient (Wildman–Crippen LogP) is 2.70. The molecule has 0 saturated carbocycles. The molecule has 1 saturated heterocycles. The molecule has 0 spiro atoms. The van der Waals surface area contributed by atoms with Gasteiger partial charge in [-0.1, -0.05) is 12.8 Å². The lowest BCUT2D eigenvalue weighted by Gasteiger charge is -2.22. The van der Waals surface area contributed by atoms with Gasteiger partial charge in [-0.3, -0.25) is 18.7 Å². The molecule has 176 valence electrons. The lowest BCUT2D eigenvalue weighted by Crippen LogP contribution is -2.32. The summed E-state index contributed by atoms with van der Waals surface area (Å²) in [5.74, 6) is 0.107. The van der Waals surface area contributed by atoms with Crippen molar-refractivity contribution in [2.75, 3.05) is 24.9 Å². The highest BCUT2D eigenvalue weighted by Gasteiger charge is 2.24. The second-order valence-corrected chi connectivity index (χ2v) is 9.96. The molecule has 10 heteroatoms. The molecule has 0 aliphatic carbocycles. The van der Waals surface area contributed by atoms with Gasteiger partial charge in [0.1, 0.15) is 5.75 Å². The molecule has 3 aromatic rings. The number of methoxy groups -OCH3 is 1. The number of rotatable bonds is 5. The van der Waals surface area contributed by atoms with Crippen molar-refractivity contribution in [2.24, 2.45) is 14.1 Å². The average Bonchev–Trinajstić information content (AvgIpc) is 3.01. The van der Waals surface area contributed by atoms with Crippen LogP contribution in [0.1, 0.15) is 36.0 Å². The molecule has 1 amide bonds. The van der Waals surface area contributed by atoms with Crippen molar-refractivity contribution in [2.45, 2.75) is 30.6 Å². The number of anilines is 1. The number of fused-ring (bicyclic) bond motifs is 1. The van der Waals surface area contributed by atoms with Crippen LogP contribution in [0.25, 0.3) is 11.0 Å². The third kappa shape index (κ3) is 4.35. The minimum absolute atomic E-state index is 0.0384. The predicted molar refractivity (Wildman–Crippen MR) is 126 cm³/mol. The number of aryl methyl sites for hydroxylation is 2. The van der Waals surface area contributed by atoms with Crippen LogP contribution < -0.4 is 15.1 Å². The van der Waals surface area contributed by atoms with Crippen molar-refractivity contribution < 1.29 is 17.9 Å². The molecule has 0 unspecified atom stereocenters. The number of hydrogen-bond donors (Lipinski definition) is 1. The van der Waals surface area contributed by atoms with Crippen molar-refractivity contribution in [1.82, 2.24) is 14.0 Å². The number of nitrogens with zero attached hydrogens (tertiary/aromatic N) is 3. The zero-order valence-corrected chi connectivity index (χ0v) is 19.8. The fraction of sp³-hybridized carbons (Fsp3) is 0.391. The average molecular weight is 473 g/mol. The normalized spacial score (nSPS) is 14.8. The first-order chi connectivity index (χ1) is 15.7. The minimum atomic E-state index is -3.99. The van der Waals surface area contributed by atoms with E-state index in [1.165, 1.54) is 34.4 Å². The van der Waals surface area contributed by atoms with Gasteiger partial charge in [-0.2, -0.15) is 0 Å². The van der Waals surface area contributed by atoms with E-state index in [4.69, 9.17) is 4.74 Å². The van der Waals surface area contributed by atoms with Gasteiger partial charge in [0, 0.05) is 27.2 Å². The molecular weight excluding hydrogens is 444 g/mol. The number of imidazole rings is 1. The molecule has 1 fully saturated rings. The quantitative estimate of drug-likeness (QED) is 0.615. The monoisotopic (exact) mass is 472 g/mol. The summed E-state index contributed by atoms with van der Waals surface area (Å²) < 4.78 is 37.2. The Kier molecular flexibility index (Phi) is 6.20. The van der Waals surface area contributed by atoms with E-state index in [1.807, 2.05) is 0 Å². The van der Waals surface area contributed by atoms with Crippen LogP contribution in [0.15, 0.2) is 46.1 Å². The molecule has 0 bridgehead atoms. The molecular formula is C23H28N4O5S. The SMILES string of the molecule is COc1ccc(S(=O)(=O)Nc2ccc3c(c2)n(C)c(=O)n3C)cc1C(=O)N1CCCCCC1. The maximum Gasteiger partial charge on any atom is 0.328 e. The van der Waals surface area contributed by atoms with Crippen LogP contribution in [0, 0.1) is 0 Å². The summed E-state index contributed by atoms with van der Waals surface area (Å²) in [6.07, 6.45) is 4.02. The lowest BCUT2D eigenvalue weighted by molar-refractivity contribution is 0.0758. The number of carbonyl (C=O) groups excluding carboxylic acids is 1. The highest BCUT2D eigenvalue weighted by Crippen LogP contribution is 2.27. The van der Waals surface area contributed by atoms with Crippen molar-refractivity contribution >= 4 is 32.7 Å². The number of sulfonamides is 1. The highest BCUT2D eigenvalue weighted by molar-refractivity contribution is 7.92. The van der Waals surface area contributed by atoms with Gasteiger partial charge in [-0.25, -0.2) is 13.2 Å². The van der Waals surface area contributed by atoms with Crippen LogP contribution in [0.4, 0.5) is 5.69 Å². The van der Waals surface area contributed by atoms with Gasteiger partial charge >= 0.3 is 5.69 Å². The van der Waals surface area contributed by atoms with Gasteiger partial charge in [0.15, 0.2) is 0 Å². The number of benzene rings is 2. The Morgan fingerprint density at radius 1 is 0.939 bits per heavy atom. The van der Waals surface area contributed by atoms with Gasteiger partial charge in [0.05, 0.1) is 34.3 Å². The van der Waals surface area contributed by atoms with E-state index in [2.05, 4.69) is 4.72 Å². The first-order valence-corrected chi connectivity index (χ1v) is 12.4. The molecule has 2 heterocycles. The Morgan fingerprint density at radius 3 is 2.27 bits per heavy atom. The van der Waals surface area contributed by atoms with E-state index in [0.29, 0.717) is 35.6 Å². The van der Waals surface area contributed by atoms with Crippen LogP contribution in [0.2, 0.25) is 0 Å². The summed E-state index contributed by atoms with van der Waals surface area (Å²) in [5.41, 5.74) is 1.65. The first kappa shape index (κ1) is 22.9. The second-order valence-electron chi connectivity index (χ2n) is 8.28. The van der Waals surface area contributed by atoms with Crippen LogP contribution in [-0.4, -0.2) is 48.6 Å². The van der Waals surface area contributed by atoms with Gasteiger partial charge in [-0.05, 0) is 49.2 Å². The zero-order chi connectivity index (χ0) is 23.8. The fourth-order valence-corrected chi connectivity index (χ4v) is 5.33. The minimum Gasteiger partial charge on any atom is -0.496 e. The van der Waals surface area contributed by atoms with Crippen LogP contribution in [0.5, 0.6) is 5.75 Å². The summed E-state index contributed by atoms with van der Waals surface area (Å²) in [7, 11) is 0.765. The molecule has 1 aliphatic heterocycles. The Bertz CT molecular complexity index is 1370. The fourth-order valence-electron chi connectivity index (χ4n) is 4.25. The van der Waals surface area contributed by atoms with Crippen molar-refractivity contribution in [3.63, 3.8) is 0 Å². The molecule has 1 N–H and O–H groups in total. The number of nitrogens with one attached hydrogen (secondary N) is 1. The Hall–Kier alpha value is -3.27. The van der Waals surface area contributed by atoms with Crippen molar-refractivity contribution in [3.8, 4) is 5.75 Å². The van der Waals surface area contributed by atoms with E-state index in [0.717, 1.165) is 25.7 Å². The molecule has 0 atom stereocenters. The number of carbonyl (C=O) groups is 1. The van der Waals surface area contributed by atoms with Crippen LogP contribution >= 0.6 is 0 Å². The smallest absolute Gasteiger partial charge is 0.328 e. The maximum atomic E-state index is 13.2. The topological polar surface area (TPSA) is 103 Å². The molecule has 2 aromatic carbocycles. The molecule has 0 radical (unpaired) electrons. The Labute approximate surface area is 192 Å². The number of ether oxygens (including phenoxy) is 1. The van der Waals surface area contributed by atoms with Gasteiger partial charge in [0.25, 0.3) is 15.9 Å². The Morgan fingerprint density at radius 2 is 1.61 bits per heavy atom. The highest BCUT2D eigenvalue weighted by atomic mass is 32.2. The number of amides is 1. The maximum absolute atomic E-state index is 13.2. The summed E-state index contributed by atoms with van der Waals surface area (Å²) in [5, 5.41) is 0. The van der Waals surface area contributed by atoms with Gasteiger partial charge in [-0.15, -0.1) is 0 Å².